The van der Waals surface area contributed by atoms with Gasteiger partial charge in [0, 0.05) is 74.2 Å². The molecule has 0 aliphatic rings. The highest BCUT2D eigenvalue weighted by atomic mass is 35.5. The van der Waals surface area contributed by atoms with Crippen molar-refractivity contribution in [2.75, 3.05) is 9.80 Å². The highest BCUT2D eigenvalue weighted by molar-refractivity contribution is 7.26. The van der Waals surface area contributed by atoms with Crippen LogP contribution in [0.3, 0.4) is 0 Å². The van der Waals surface area contributed by atoms with E-state index in [0.717, 1.165) is 44.5 Å². The summed E-state index contributed by atoms with van der Waals surface area (Å²) in [6.07, 6.45) is 0. The lowest BCUT2D eigenvalue weighted by Gasteiger charge is -2.27. The van der Waals surface area contributed by atoms with E-state index in [1.54, 1.807) is 11.3 Å². The summed E-state index contributed by atoms with van der Waals surface area (Å²) in [5.74, 6) is 0. The molecular formula is C46H29ClN2S2. The number of hydrogen-bond donors (Lipinski definition) is 0. The molecule has 0 N–H and O–H groups in total. The summed E-state index contributed by atoms with van der Waals surface area (Å²) in [4.78, 5) is 4.71. The monoisotopic (exact) mass is 708 g/mol. The van der Waals surface area contributed by atoms with E-state index >= 15 is 0 Å². The highest BCUT2D eigenvalue weighted by Gasteiger charge is 2.22. The van der Waals surface area contributed by atoms with Crippen molar-refractivity contribution in [3.05, 3.63) is 181 Å². The number of nitrogens with zero attached hydrogens (tertiary/aromatic N) is 2. The molecule has 0 aliphatic heterocycles. The second-order valence-corrected chi connectivity index (χ2v) is 15.2. The van der Waals surface area contributed by atoms with Crippen molar-refractivity contribution in [3.8, 4) is 0 Å². The zero-order chi connectivity index (χ0) is 33.9. The molecule has 2 heterocycles. The van der Waals surface area contributed by atoms with Crippen LogP contribution in [0.4, 0.5) is 34.1 Å². The van der Waals surface area contributed by atoms with E-state index in [1.807, 2.05) is 11.3 Å². The van der Waals surface area contributed by atoms with Crippen molar-refractivity contribution < 1.29 is 0 Å². The Hall–Kier alpha value is -5.65. The van der Waals surface area contributed by atoms with Gasteiger partial charge in [-0.1, -0.05) is 109 Å². The number of halogens is 1. The molecule has 0 aliphatic carbocycles. The van der Waals surface area contributed by atoms with Crippen LogP contribution in [0, 0.1) is 0 Å². The van der Waals surface area contributed by atoms with Gasteiger partial charge in [-0.25, -0.2) is 0 Å². The molecular weight excluding hydrogens is 680 g/mol. The van der Waals surface area contributed by atoms with Gasteiger partial charge in [0.1, 0.15) is 0 Å². The van der Waals surface area contributed by atoms with Gasteiger partial charge in [0.15, 0.2) is 0 Å². The summed E-state index contributed by atoms with van der Waals surface area (Å²) >= 11 is 10.8. The predicted molar refractivity (Wildman–Crippen MR) is 224 cm³/mol. The number of thiophene rings is 2. The average Bonchev–Trinajstić information content (AvgIpc) is 3.75. The van der Waals surface area contributed by atoms with Gasteiger partial charge >= 0.3 is 0 Å². The summed E-state index contributed by atoms with van der Waals surface area (Å²) in [5, 5.41) is 8.05. The van der Waals surface area contributed by atoms with Gasteiger partial charge in [0.05, 0.1) is 10.7 Å². The molecule has 2 nitrogen and oxygen atoms in total. The van der Waals surface area contributed by atoms with Crippen molar-refractivity contribution in [2.24, 2.45) is 0 Å². The first-order chi connectivity index (χ1) is 25.2. The van der Waals surface area contributed by atoms with Crippen LogP contribution in [-0.2, 0) is 0 Å². The largest absolute Gasteiger partial charge is 0.310 e. The Kier molecular flexibility index (Phi) is 7.28. The summed E-state index contributed by atoms with van der Waals surface area (Å²) in [6.45, 7) is 0. The molecule has 0 unspecified atom stereocenters. The maximum Gasteiger partial charge on any atom is 0.0554 e. The number of rotatable bonds is 6. The number of para-hydroxylation sites is 3. The van der Waals surface area contributed by atoms with E-state index in [1.165, 1.54) is 45.7 Å². The van der Waals surface area contributed by atoms with Gasteiger partial charge < -0.3 is 9.80 Å². The third-order valence-electron chi connectivity index (χ3n) is 9.65. The summed E-state index contributed by atoms with van der Waals surface area (Å²) in [7, 11) is 0. The maximum atomic E-state index is 7.18. The molecule has 0 saturated heterocycles. The van der Waals surface area contributed by atoms with E-state index in [4.69, 9.17) is 11.6 Å². The standard InChI is InChI=1S/C46H29ClN2S2/c47-39-27-34(28-43-46(39)37-22-12-13-23-41(37)50-43)49(32-18-8-3-9-19-32)40-29-44-45(36-21-11-10-20-35(36)40)38-26-33(24-25-42(38)51-44)48(30-14-4-1-5-15-30)31-16-6-2-7-17-31/h1-29H. The van der Waals surface area contributed by atoms with Crippen molar-refractivity contribution in [1.29, 1.82) is 0 Å². The molecule has 10 rings (SSSR count). The third kappa shape index (κ3) is 5.06. The Labute approximate surface area is 308 Å². The minimum atomic E-state index is 0.766. The molecule has 0 fully saturated rings. The van der Waals surface area contributed by atoms with Crippen LogP contribution in [-0.4, -0.2) is 0 Å². The van der Waals surface area contributed by atoms with Gasteiger partial charge in [-0.2, -0.15) is 0 Å². The first-order valence-electron chi connectivity index (χ1n) is 17.0. The molecule has 51 heavy (non-hydrogen) atoms. The molecule has 242 valence electrons. The molecule has 5 heteroatoms. The van der Waals surface area contributed by atoms with Crippen LogP contribution in [0.5, 0.6) is 0 Å². The van der Waals surface area contributed by atoms with E-state index in [-0.39, 0.29) is 0 Å². The van der Waals surface area contributed by atoms with Crippen LogP contribution in [0.25, 0.3) is 51.1 Å². The molecule has 8 aromatic carbocycles. The maximum absolute atomic E-state index is 7.18. The summed E-state index contributed by atoms with van der Waals surface area (Å²) < 4.78 is 4.93. The van der Waals surface area contributed by atoms with Crippen LogP contribution in [0.1, 0.15) is 0 Å². The molecule has 0 atom stereocenters. The zero-order valence-electron chi connectivity index (χ0n) is 27.3. The van der Waals surface area contributed by atoms with E-state index in [2.05, 4.69) is 186 Å². The molecule has 0 bridgehead atoms. The third-order valence-corrected chi connectivity index (χ3v) is 12.2. The zero-order valence-corrected chi connectivity index (χ0v) is 29.7. The number of benzene rings is 8. The Bertz CT molecular complexity index is 2840. The fourth-order valence-corrected chi connectivity index (χ4v) is 10.1. The van der Waals surface area contributed by atoms with Gasteiger partial charge in [-0.3, -0.25) is 0 Å². The molecule has 0 radical (unpaired) electrons. The molecule has 0 saturated carbocycles. The number of anilines is 6. The van der Waals surface area contributed by atoms with E-state index < -0.39 is 0 Å². The summed E-state index contributed by atoms with van der Waals surface area (Å²) in [5.41, 5.74) is 6.64. The van der Waals surface area contributed by atoms with Gasteiger partial charge in [-0.05, 0) is 84.2 Å². The lowest BCUT2D eigenvalue weighted by molar-refractivity contribution is 1.29. The van der Waals surface area contributed by atoms with Crippen molar-refractivity contribution in [2.45, 2.75) is 0 Å². The molecule has 10 aromatic rings. The van der Waals surface area contributed by atoms with Crippen LogP contribution < -0.4 is 9.80 Å². The Morgan fingerprint density at radius 2 is 0.863 bits per heavy atom. The van der Waals surface area contributed by atoms with E-state index in [9.17, 15) is 0 Å². The van der Waals surface area contributed by atoms with Crippen molar-refractivity contribution in [1.82, 2.24) is 0 Å². The quantitative estimate of drug-likeness (QED) is 0.170. The van der Waals surface area contributed by atoms with E-state index in [0.29, 0.717) is 0 Å². The number of fused-ring (bicyclic) bond motifs is 8. The highest BCUT2D eigenvalue weighted by Crippen LogP contribution is 2.49. The first kappa shape index (κ1) is 30.2. The topological polar surface area (TPSA) is 6.48 Å². The minimum absolute atomic E-state index is 0.766. The Morgan fingerprint density at radius 3 is 1.53 bits per heavy atom. The summed E-state index contributed by atoms with van der Waals surface area (Å²) in [6, 6.07) is 63.0. The number of hydrogen-bond acceptors (Lipinski definition) is 4. The second-order valence-electron chi connectivity index (χ2n) is 12.7. The van der Waals surface area contributed by atoms with Crippen LogP contribution in [0.2, 0.25) is 5.02 Å². The molecule has 0 amide bonds. The Balaban J connectivity index is 1.21. The Morgan fingerprint density at radius 1 is 0.333 bits per heavy atom. The SMILES string of the molecule is Clc1cc(N(c2ccccc2)c2cc3sc4ccc(N(c5ccccc5)c5ccccc5)cc4c3c3ccccc23)cc2sc3ccccc3c12. The minimum Gasteiger partial charge on any atom is -0.310 e. The lowest BCUT2D eigenvalue weighted by Crippen LogP contribution is -2.10. The molecule has 0 spiro atoms. The lowest BCUT2D eigenvalue weighted by atomic mass is 10.00. The van der Waals surface area contributed by atoms with Crippen molar-refractivity contribution >= 4 is 120 Å². The van der Waals surface area contributed by atoms with Crippen LogP contribution in [0.15, 0.2) is 176 Å². The average molecular weight is 709 g/mol. The predicted octanol–water partition coefficient (Wildman–Crippen LogP) is 15.2. The van der Waals surface area contributed by atoms with Crippen LogP contribution >= 0.6 is 34.3 Å². The first-order valence-corrected chi connectivity index (χ1v) is 19.0. The normalized spacial score (nSPS) is 11.6. The van der Waals surface area contributed by atoms with Crippen molar-refractivity contribution in [3.63, 3.8) is 0 Å². The fraction of sp³-hybridized carbons (Fsp3) is 0. The van der Waals surface area contributed by atoms with Gasteiger partial charge in [-0.15, -0.1) is 22.7 Å². The fourth-order valence-electron chi connectivity index (χ4n) is 7.46. The molecule has 2 aromatic heterocycles. The second kappa shape index (κ2) is 12.3. The van der Waals surface area contributed by atoms with Gasteiger partial charge in [0.25, 0.3) is 0 Å². The van der Waals surface area contributed by atoms with Gasteiger partial charge in [0.2, 0.25) is 0 Å². The smallest absolute Gasteiger partial charge is 0.0554 e.